The summed E-state index contributed by atoms with van der Waals surface area (Å²) < 4.78 is 11.2. The topological polar surface area (TPSA) is 50.8 Å². The van der Waals surface area contributed by atoms with Crippen molar-refractivity contribution >= 4 is 11.6 Å². The second-order valence-corrected chi connectivity index (χ2v) is 6.10. The minimum absolute atomic E-state index is 0.0190. The van der Waals surface area contributed by atoms with E-state index in [0.29, 0.717) is 30.2 Å². The summed E-state index contributed by atoms with van der Waals surface area (Å²) in [5.74, 6) is 1.34. The Morgan fingerprint density at radius 2 is 2.04 bits per heavy atom. The first kappa shape index (κ1) is 17.9. The van der Waals surface area contributed by atoms with Gasteiger partial charge < -0.3 is 19.7 Å². The van der Waals surface area contributed by atoms with Crippen LogP contribution < -0.4 is 14.8 Å². The molecule has 136 valence electrons. The molecule has 0 saturated carbocycles. The molecule has 1 heterocycles. The van der Waals surface area contributed by atoms with Gasteiger partial charge >= 0.3 is 0 Å². The standard InChI is InChI=1S/C21H24N2O3/c1-4-12-23-20(22-17-9-7-6-8-16(17)21(23)24)15-10-11-18(26-13-5-2)19(14-15)25-3/h4,6-11,14,20,22H,1,5,12-13H2,2-3H3. The molecule has 5 heteroatoms. The Labute approximate surface area is 154 Å². The Morgan fingerprint density at radius 3 is 2.77 bits per heavy atom. The van der Waals surface area contributed by atoms with Crippen LogP contribution in [-0.2, 0) is 0 Å². The Bertz CT molecular complexity index is 804. The number of amides is 1. The molecule has 0 fully saturated rings. The zero-order valence-electron chi connectivity index (χ0n) is 15.2. The van der Waals surface area contributed by atoms with E-state index in [4.69, 9.17) is 9.47 Å². The number of benzene rings is 2. The number of carbonyl (C=O) groups excluding carboxylic acids is 1. The number of nitrogens with zero attached hydrogens (tertiary/aromatic N) is 1. The van der Waals surface area contributed by atoms with Crippen molar-refractivity contribution in [1.82, 2.24) is 4.90 Å². The van der Waals surface area contributed by atoms with E-state index in [-0.39, 0.29) is 12.1 Å². The summed E-state index contributed by atoms with van der Waals surface area (Å²) in [7, 11) is 1.62. The van der Waals surface area contributed by atoms with E-state index in [0.717, 1.165) is 17.7 Å². The average Bonchev–Trinajstić information content (AvgIpc) is 2.68. The lowest BCUT2D eigenvalue weighted by Gasteiger charge is -2.37. The highest BCUT2D eigenvalue weighted by Gasteiger charge is 2.32. The molecule has 0 bridgehead atoms. The van der Waals surface area contributed by atoms with E-state index in [1.54, 1.807) is 18.1 Å². The van der Waals surface area contributed by atoms with Crippen LogP contribution in [0.3, 0.4) is 0 Å². The smallest absolute Gasteiger partial charge is 0.258 e. The van der Waals surface area contributed by atoms with Crippen molar-refractivity contribution in [3.05, 3.63) is 66.2 Å². The SMILES string of the molecule is C=CCN1C(=O)c2ccccc2NC1c1ccc(OCCC)c(OC)c1. The maximum atomic E-state index is 12.9. The van der Waals surface area contributed by atoms with Crippen molar-refractivity contribution in [1.29, 1.82) is 0 Å². The summed E-state index contributed by atoms with van der Waals surface area (Å²) in [6, 6.07) is 13.3. The fourth-order valence-electron chi connectivity index (χ4n) is 3.07. The summed E-state index contributed by atoms with van der Waals surface area (Å²) in [5, 5.41) is 3.45. The van der Waals surface area contributed by atoms with Crippen molar-refractivity contribution in [2.75, 3.05) is 25.6 Å². The van der Waals surface area contributed by atoms with Crippen LogP contribution in [-0.4, -0.2) is 31.1 Å². The number of hydrogen-bond acceptors (Lipinski definition) is 4. The molecule has 1 aliphatic heterocycles. The molecule has 1 amide bonds. The van der Waals surface area contributed by atoms with Crippen molar-refractivity contribution in [3.8, 4) is 11.5 Å². The van der Waals surface area contributed by atoms with E-state index in [1.807, 2.05) is 42.5 Å². The van der Waals surface area contributed by atoms with Crippen LogP contribution >= 0.6 is 0 Å². The van der Waals surface area contributed by atoms with Gasteiger partial charge in [-0.2, -0.15) is 0 Å². The van der Waals surface area contributed by atoms with Crippen molar-refractivity contribution < 1.29 is 14.3 Å². The summed E-state index contributed by atoms with van der Waals surface area (Å²) in [4.78, 5) is 14.7. The lowest BCUT2D eigenvalue weighted by Crippen LogP contribution is -2.42. The van der Waals surface area contributed by atoms with Crippen LogP contribution in [0.2, 0.25) is 0 Å². The number of carbonyl (C=O) groups is 1. The third-order valence-electron chi connectivity index (χ3n) is 4.31. The molecule has 0 radical (unpaired) electrons. The maximum absolute atomic E-state index is 12.9. The van der Waals surface area contributed by atoms with Crippen LogP contribution in [0, 0.1) is 0 Å². The van der Waals surface area contributed by atoms with E-state index < -0.39 is 0 Å². The Kier molecular flexibility index (Phi) is 5.46. The van der Waals surface area contributed by atoms with Gasteiger partial charge in [0.2, 0.25) is 0 Å². The molecular formula is C21H24N2O3. The lowest BCUT2D eigenvalue weighted by molar-refractivity contribution is 0.0707. The number of methoxy groups -OCH3 is 1. The molecule has 1 aliphatic rings. The molecule has 1 N–H and O–H groups in total. The van der Waals surface area contributed by atoms with Gasteiger partial charge in [0.25, 0.3) is 5.91 Å². The van der Waals surface area contributed by atoms with Gasteiger partial charge in [0.05, 0.1) is 19.3 Å². The molecule has 26 heavy (non-hydrogen) atoms. The minimum atomic E-state index is -0.301. The zero-order valence-corrected chi connectivity index (χ0v) is 15.2. The van der Waals surface area contributed by atoms with Crippen LogP contribution in [0.5, 0.6) is 11.5 Å². The van der Waals surface area contributed by atoms with Gasteiger partial charge in [-0.25, -0.2) is 0 Å². The maximum Gasteiger partial charge on any atom is 0.258 e. The Morgan fingerprint density at radius 1 is 1.23 bits per heavy atom. The van der Waals surface area contributed by atoms with E-state index in [2.05, 4.69) is 18.8 Å². The van der Waals surface area contributed by atoms with Gasteiger partial charge in [-0.15, -0.1) is 6.58 Å². The first-order valence-corrected chi connectivity index (χ1v) is 8.77. The zero-order chi connectivity index (χ0) is 18.5. The van der Waals surface area contributed by atoms with Crippen LogP contribution in [0.4, 0.5) is 5.69 Å². The number of fused-ring (bicyclic) bond motifs is 1. The second-order valence-electron chi connectivity index (χ2n) is 6.10. The summed E-state index contributed by atoms with van der Waals surface area (Å²) in [6.07, 6.45) is 2.36. The minimum Gasteiger partial charge on any atom is -0.493 e. The van der Waals surface area contributed by atoms with Gasteiger partial charge in [-0.1, -0.05) is 31.2 Å². The summed E-state index contributed by atoms with van der Waals surface area (Å²) >= 11 is 0. The van der Waals surface area contributed by atoms with Gasteiger partial charge in [0, 0.05) is 12.2 Å². The molecule has 3 rings (SSSR count). The fourth-order valence-corrected chi connectivity index (χ4v) is 3.07. The van der Waals surface area contributed by atoms with Crippen LogP contribution in [0.25, 0.3) is 0 Å². The summed E-state index contributed by atoms with van der Waals surface area (Å²) in [6.45, 7) is 6.92. The van der Waals surface area contributed by atoms with Gasteiger partial charge in [0.15, 0.2) is 11.5 Å². The molecule has 0 aromatic heterocycles. The molecule has 0 spiro atoms. The average molecular weight is 352 g/mol. The Hall–Kier alpha value is -2.95. The van der Waals surface area contributed by atoms with Crippen molar-refractivity contribution in [3.63, 3.8) is 0 Å². The number of ether oxygens (including phenoxy) is 2. The third-order valence-corrected chi connectivity index (χ3v) is 4.31. The fraction of sp³-hybridized carbons (Fsp3) is 0.286. The number of para-hydroxylation sites is 1. The normalized spacial score (nSPS) is 15.8. The Balaban J connectivity index is 1.98. The number of nitrogens with one attached hydrogen (secondary N) is 1. The number of hydrogen-bond donors (Lipinski definition) is 1. The molecule has 0 aliphatic carbocycles. The number of anilines is 1. The van der Waals surface area contributed by atoms with Crippen molar-refractivity contribution in [2.45, 2.75) is 19.5 Å². The highest BCUT2D eigenvalue weighted by Crippen LogP contribution is 2.36. The van der Waals surface area contributed by atoms with Gasteiger partial charge in [0.1, 0.15) is 6.17 Å². The first-order valence-electron chi connectivity index (χ1n) is 8.77. The molecule has 2 aromatic carbocycles. The van der Waals surface area contributed by atoms with E-state index in [9.17, 15) is 4.79 Å². The third kappa shape index (κ3) is 3.38. The first-order chi connectivity index (χ1) is 12.7. The molecular weight excluding hydrogens is 328 g/mol. The highest BCUT2D eigenvalue weighted by atomic mass is 16.5. The predicted octanol–water partition coefficient (Wildman–Crippen LogP) is 4.24. The van der Waals surface area contributed by atoms with Crippen LogP contribution in [0.1, 0.15) is 35.4 Å². The van der Waals surface area contributed by atoms with Crippen LogP contribution in [0.15, 0.2) is 55.1 Å². The monoisotopic (exact) mass is 352 g/mol. The molecule has 1 atom stereocenters. The predicted molar refractivity (Wildman–Crippen MR) is 103 cm³/mol. The second kappa shape index (κ2) is 7.95. The molecule has 1 unspecified atom stereocenters. The van der Waals surface area contributed by atoms with Gasteiger partial charge in [-0.3, -0.25) is 4.79 Å². The van der Waals surface area contributed by atoms with Crippen molar-refractivity contribution in [2.24, 2.45) is 0 Å². The molecule has 0 saturated heterocycles. The highest BCUT2D eigenvalue weighted by molar-refractivity contribution is 6.01. The van der Waals surface area contributed by atoms with E-state index >= 15 is 0 Å². The largest absolute Gasteiger partial charge is 0.493 e. The van der Waals surface area contributed by atoms with E-state index in [1.165, 1.54) is 0 Å². The molecule has 5 nitrogen and oxygen atoms in total. The summed E-state index contributed by atoms with van der Waals surface area (Å²) in [5.41, 5.74) is 2.42. The molecule has 2 aromatic rings. The quantitative estimate of drug-likeness (QED) is 0.758. The lowest BCUT2D eigenvalue weighted by atomic mass is 10.0. The van der Waals surface area contributed by atoms with Gasteiger partial charge in [-0.05, 0) is 36.2 Å². The number of rotatable bonds is 7.